The van der Waals surface area contributed by atoms with Crippen molar-refractivity contribution in [3.8, 4) is 0 Å². The largest absolute Gasteiger partial charge is 0.377 e. The minimum absolute atomic E-state index is 0.405. The predicted molar refractivity (Wildman–Crippen MR) is 71.0 cm³/mol. The normalized spacial score (nSPS) is 29.6. The van der Waals surface area contributed by atoms with Crippen LogP contribution in [-0.4, -0.2) is 43.3 Å². The number of piperidine rings is 1. The van der Waals surface area contributed by atoms with Gasteiger partial charge < -0.3 is 10.5 Å². The van der Waals surface area contributed by atoms with Gasteiger partial charge in [0.05, 0.1) is 6.10 Å². The first kappa shape index (κ1) is 13.3. The fourth-order valence-electron chi connectivity index (χ4n) is 3.42. The van der Waals surface area contributed by atoms with E-state index in [1.807, 2.05) is 0 Å². The molecule has 0 aromatic carbocycles. The van der Waals surface area contributed by atoms with Crippen LogP contribution in [0.3, 0.4) is 0 Å². The number of nitrogens with zero attached hydrogens (tertiary/aromatic N) is 1. The Labute approximate surface area is 106 Å². The summed E-state index contributed by atoms with van der Waals surface area (Å²) in [5, 5.41) is 0. The van der Waals surface area contributed by atoms with Crippen LogP contribution in [0.1, 0.15) is 45.4 Å². The molecule has 0 aliphatic carbocycles. The lowest BCUT2D eigenvalue weighted by atomic mass is 9.91. The van der Waals surface area contributed by atoms with Crippen molar-refractivity contribution in [3.63, 3.8) is 0 Å². The van der Waals surface area contributed by atoms with Gasteiger partial charge in [-0.15, -0.1) is 0 Å². The van der Waals surface area contributed by atoms with Gasteiger partial charge in [-0.1, -0.05) is 19.8 Å². The van der Waals surface area contributed by atoms with Crippen molar-refractivity contribution in [2.45, 2.75) is 57.6 Å². The van der Waals surface area contributed by atoms with Gasteiger partial charge in [0.1, 0.15) is 0 Å². The molecule has 2 atom stereocenters. The van der Waals surface area contributed by atoms with Gasteiger partial charge in [0.15, 0.2) is 0 Å². The summed E-state index contributed by atoms with van der Waals surface area (Å²) >= 11 is 0. The molecule has 2 saturated heterocycles. The van der Waals surface area contributed by atoms with E-state index in [1.165, 1.54) is 51.6 Å². The van der Waals surface area contributed by atoms with Crippen LogP contribution in [-0.2, 0) is 4.74 Å². The summed E-state index contributed by atoms with van der Waals surface area (Å²) < 4.78 is 5.81. The average molecular weight is 240 g/mol. The van der Waals surface area contributed by atoms with Gasteiger partial charge in [-0.05, 0) is 44.7 Å². The quantitative estimate of drug-likeness (QED) is 0.799. The maximum Gasteiger partial charge on any atom is 0.0743 e. The molecule has 0 bridgehead atoms. The Morgan fingerprint density at radius 2 is 2.06 bits per heavy atom. The number of hydrogen-bond donors (Lipinski definition) is 1. The maximum atomic E-state index is 5.96. The van der Waals surface area contributed by atoms with Gasteiger partial charge in [-0.25, -0.2) is 0 Å². The molecule has 0 saturated carbocycles. The van der Waals surface area contributed by atoms with Gasteiger partial charge in [0, 0.05) is 19.2 Å². The molecular formula is C14H28N2O. The summed E-state index contributed by atoms with van der Waals surface area (Å²) in [5.74, 6) is 0.958. The molecule has 2 N–H and O–H groups in total. The van der Waals surface area contributed by atoms with E-state index in [1.54, 1.807) is 0 Å². The number of hydrogen-bond acceptors (Lipinski definition) is 3. The lowest BCUT2D eigenvalue weighted by Crippen LogP contribution is -2.51. The van der Waals surface area contributed by atoms with E-state index in [-0.39, 0.29) is 0 Å². The molecule has 0 aromatic heterocycles. The monoisotopic (exact) mass is 240 g/mol. The molecule has 2 fully saturated rings. The van der Waals surface area contributed by atoms with E-state index in [4.69, 9.17) is 10.5 Å². The second kappa shape index (κ2) is 6.72. The Morgan fingerprint density at radius 3 is 2.59 bits per heavy atom. The molecule has 0 radical (unpaired) electrons. The number of likely N-dealkylation sites (tertiary alicyclic amines) is 1. The minimum atomic E-state index is 0.405. The fourth-order valence-corrected chi connectivity index (χ4v) is 3.42. The lowest BCUT2D eigenvalue weighted by molar-refractivity contribution is 0.0125. The topological polar surface area (TPSA) is 38.5 Å². The first-order chi connectivity index (χ1) is 8.35. The maximum absolute atomic E-state index is 5.96. The predicted octanol–water partition coefficient (Wildman–Crippen LogP) is 2.00. The summed E-state index contributed by atoms with van der Waals surface area (Å²) in [6.45, 7) is 6.44. The van der Waals surface area contributed by atoms with Crippen LogP contribution in [0.5, 0.6) is 0 Å². The first-order valence-electron chi connectivity index (χ1n) is 7.40. The molecular weight excluding hydrogens is 212 g/mol. The third-order valence-corrected chi connectivity index (χ3v) is 4.45. The number of ether oxygens (including phenoxy) is 1. The Hall–Kier alpha value is -0.120. The van der Waals surface area contributed by atoms with E-state index in [9.17, 15) is 0 Å². The van der Waals surface area contributed by atoms with Crippen molar-refractivity contribution in [1.82, 2.24) is 4.90 Å². The number of rotatable bonds is 5. The molecule has 2 aliphatic heterocycles. The smallest absolute Gasteiger partial charge is 0.0743 e. The van der Waals surface area contributed by atoms with Crippen LogP contribution < -0.4 is 5.73 Å². The van der Waals surface area contributed by atoms with Crippen molar-refractivity contribution in [3.05, 3.63) is 0 Å². The van der Waals surface area contributed by atoms with Crippen LogP contribution in [0.4, 0.5) is 0 Å². The van der Waals surface area contributed by atoms with Crippen molar-refractivity contribution in [1.29, 1.82) is 0 Å². The van der Waals surface area contributed by atoms with Crippen molar-refractivity contribution in [2.24, 2.45) is 11.7 Å². The highest BCUT2D eigenvalue weighted by atomic mass is 16.5. The van der Waals surface area contributed by atoms with Crippen molar-refractivity contribution < 1.29 is 4.74 Å². The van der Waals surface area contributed by atoms with Gasteiger partial charge in [0.2, 0.25) is 0 Å². The van der Waals surface area contributed by atoms with E-state index in [0.29, 0.717) is 12.1 Å². The zero-order chi connectivity index (χ0) is 12.1. The molecule has 17 heavy (non-hydrogen) atoms. The molecule has 100 valence electrons. The fraction of sp³-hybridized carbons (Fsp3) is 1.00. The standard InChI is InChI=1S/C14H28N2O/c1-2-4-12-6-8-16(9-7-12)13(11-15)14-5-3-10-17-14/h12-14H,2-11,15H2,1H3. The van der Waals surface area contributed by atoms with Gasteiger partial charge in [-0.2, -0.15) is 0 Å². The zero-order valence-electron chi connectivity index (χ0n) is 11.2. The second-order valence-corrected chi connectivity index (χ2v) is 5.62. The molecule has 0 spiro atoms. The molecule has 0 aromatic rings. The molecule has 2 unspecified atom stereocenters. The molecule has 2 rings (SSSR count). The third-order valence-electron chi connectivity index (χ3n) is 4.45. The molecule has 3 nitrogen and oxygen atoms in total. The molecule has 0 amide bonds. The van der Waals surface area contributed by atoms with Gasteiger partial charge in [0.25, 0.3) is 0 Å². The zero-order valence-corrected chi connectivity index (χ0v) is 11.2. The third kappa shape index (κ3) is 3.43. The first-order valence-corrected chi connectivity index (χ1v) is 7.40. The van der Waals surface area contributed by atoms with E-state index >= 15 is 0 Å². The SMILES string of the molecule is CCCC1CCN(C(CN)C2CCCO2)CC1. The highest BCUT2D eigenvalue weighted by Crippen LogP contribution is 2.26. The van der Waals surface area contributed by atoms with Gasteiger partial charge >= 0.3 is 0 Å². The Kier molecular flexibility index (Phi) is 5.26. The Balaban J connectivity index is 1.81. The summed E-state index contributed by atoms with van der Waals surface area (Å²) in [4.78, 5) is 2.59. The van der Waals surface area contributed by atoms with Crippen LogP contribution in [0.25, 0.3) is 0 Å². The summed E-state index contributed by atoms with van der Waals surface area (Å²) in [6, 6.07) is 0.472. The highest BCUT2D eigenvalue weighted by Gasteiger charge is 2.31. The molecule has 2 heterocycles. The molecule has 3 heteroatoms. The second-order valence-electron chi connectivity index (χ2n) is 5.62. The lowest BCUT2D eigenvalue weighted by Gasteiger charge is -2.39. The Bertz CT molecular complexity index is 208. The highest BCUT2D eigenvalue weighted by molar-refractivity contribution is 4.86. The summed E-state index contributed by atoms with van der Waals surface area (Å²) in [7, 11) is 0. The number of nitrogens with two attached hydrogens (primary N) is 1. The average Bonchev–Trinajstić information content (AvgIpc) is 2.86. The minimum Gasteiger partial charge on any atom is -0.377 e. The van der Waals surface area contributed by atoms with Crippen LogP contribution in [0.15, 0.2) is 0 Å². The Morgan fingerprint density at radius 1 is 1.29 bits per heavy atom. The van der Waals surface area contributed by atoms with Crippen molar-refractivity contribution in [2.75, 3.05) is 26.2 Å². The van der Waals surface area contributed by atoms with E-state index < -0.39 is 0 Å². The summed E-state index contributed by atoms with van der Waals surface area (Å²) in [5.41, 5.74) is 5.96. The van der Waals surface area contributed by atoms with E-state index in [2.05, 4.69) is 11.8 Å². The van der Waals surface area contributed by atoms with Crippen LogP contribution in [0.2, 0.25) is 0 Å². The molecule has 2 aliphatic rings. The van der Waals surface area contributed by atoms with Gasteiger partial charge in [-0.3, -0.25) is 4.90 Å². The summed E-state index contributed by atoms with van der Waals surface area (Å²) in [6.07, 6.45) is 8.28. The van der Waals surface area contributed by atoms with E-state index in [0.717, 1.165) is 19.1 Å². The van der Waals surface area contributed by atoms with Crippen LogP contribution >= 0.6 is 0 Å². The van der Waals surface area contributed by atoms with Crippen LogP contribution in [0, 0.1) is 5.92 Å². The van der Waals surface area contributed by atoms with Crippen molar-refractivity contribution >= 4 is 0 Å².